The summed E-state index contributed by atoms with van der Waals surface area (Å²) in [7, 11) is 0. The van der Waals surface area contributed by atoms with Crippen LogP contribution in [0.4, 0.5) is 8.78 Å². The van der Waals surface area contributed by atoms with Crippen LogP contribution < -0.4 is 27.4 Å². The van der Waals surface area contributed by atoms with Crippen molar-refractivity contribution < 1.29 is 38.0 Å². The van der Waals surface area contributed by atoms with E-state index in [1.54, 1.807) is 12.1 Å². The molecule has 4 atom stereocenters. The van der Waals surface area contributed by atoms with Gasteiger partial charge in [0.25, 0.3) is 11.8 Å². The van der Waals surface area contributed by atoms with Crippen molar-refractivity contribution in [1.82, 2.24) is 20.9 Å². The molecule has 1 aromatic carbocycles. The third-order valence-corrected chi connectivity index (χ3v) is 8.42. The van der Waals surface area contributed by atoms with Gasteiger partial charge in [-0.05, 0) is 23.6 Å². The van der Waals surface area contributed by atoms with Gasteiger partial charge < -0.3 is 26.6 Å². The van der Waals surface area contributed by atoms with Gasteiger partial charge in [0.15, 0.2) is 5.96 Å². The number of hydrogen-bond donors (Lipinski definition) is 7. The molecule has 0 aromatic heterocycles. The normalized spacial score (nSPS) is 32.2. The van der Waals surface area contributed by atoms with E-state index in [0.29, 0.717) is 5.56 Å². The number of amides is 3. The number of hydrogen-bond acceptors (Lipinski definition) is 10. The third-order valence-electron chi connectivity index (χ3n) is 8.42. The lowest BCUT2D eigenvalue weighted by atomic mass is 9.84. The average molecular weight is 548 g/mol. The number of nitrogens with two attached hydrogens (primary N) is 2. The average Bonchev–Trinajstić information content (AvgIpc) is 3.46. The highest BCUT2D eigenvalue weighted by Crippen LogP contribution is 2.42. The number of carbonyl (C=O) groups is 3. The number of benzene rings is 1. The summed E-state index contributed by atoms with van der Waals surface area (Å²) in [4.78, 5) is 43.3. The number of nitrogens with zero attached hydrogens (tertiary/aromatic N) is 3. The first-order chi connectivity index (χ1) is 18.3. The van der Waals surface area contributed by atoms with Crippen molar-refractivity contribution in [3.63, 3.8) is 0 Å². The summed E-state index contributed by atoms with van der Waals surface area (Å²) in [6, 6.07) is 1.47. The second-order valence-electron chi connectivity index (χ2n) is 10.7. The SMILES string of the molecule is NC1=NC2[C@H](CN3C(=O)CCC3=O)NC(N)=[N+]3CC(NC(=O)c4cccc5c4CC(F)(F)CC5)C(O)(O)C23N1. The predicted molar refractivity (Wildman–Crippen MR) is 130 cm³/mol. The van der Waals surface area contributed by atoms with Crippen molar-refractivity contribution in [2.24, 2.45) is 16.5 Å². The van der Waals surface area contributed by atoms with Crippen LogP contribution in [0.5, 0.6) is 0 Å². The standard InChI is InChI=1S/C24H28F2N8O5/c25-22(26)7-6-11-2-1-3-12(13(11)8-22)19(37)30-15-10-34-21(28)29-14(9-33-16(35)4-5-17(33)36)18-23(34,24(15,38)39)32-20(27)31-18/h1-3,14-15,18,38-39H,4-10H2,(H6,27,28,29,30,31,32,37)/p+1/t14-,15?,18?,23?/m0/s1. The molecule has 13 nitrogen and oxygen atoms in total. The molecule has 4 heterocycles. The molecule has 5 aliphatic rings. The maximum atomic E-state index is 14.2. The van der Waals surface area contributed by atoms with Gasteiger partial charge in [0.05, 0.1) is 13.1 Å². The molecule has 4 aliphatic heterocycles. The van der Waals surface area contributed by atoms with Crippen molar-refractivity contribution in [3.05, 3.63) is 34.9 Å². The fourth-order valence-electron chi connectivity index (χ4n) is 6.52. The van der Waals surface area contributed by atoms with Gasteiger partial charge in [-0.1, -0.05) is 12.1 Å². The van der Waals surface area contributed by atoms with Crippen LogP contribution in [0.25, 0.3) is 0 Å². The second kappa shape index (κ2) is 8.32. The molecule has 1 aliphatic carbocycles. The number of imide groups is 1. The lowest BCUT2D eigenvalue weighted by Gasteiger charge is -2.44. The molecule has 39 heavy (non-hydrogen) atoms. The van der Waals surface area contributed by atoms with E-state index in [0.717, 1.165) is 4.90 Å². The monoisotopic (exact) mass is 547 g/mol. The summed E-state index contributed by atoms with van der Waals surface area (Å²) in [5.41, 5.74) is 11.3. The molecule has 3 unspecified atom stereocenters. The molecule has 6 rings (SSSR count). The van der Waals surface area contributed by atoms with E-state index in [9.17, 15) is 33.4 Å². The van der Waals surface area contributed by atoms with Crippen molar-refractivity contribution in [3.8, 4) is 0 Å². The molecule has 0 bridgehead atoms. The summed E-state index contributed by atoms with van der Waals surface area (Å²) in [6.45, 7) is -0.349. The maximum Gasteiger partial charge on any atom is 0.346 e. The smallest absolute Gasteiger partial charge is 0.346 e. The van der Waals surface area contributed by atoms with Crippen LogP contribution in [0.2, 0.25) is 0 Å². The van der Waals surface area contributed by atoms with Crippen LogP contribution in [-0.4, -0.2) is 97.9 Å². The Morgan fingerprint density at radius 2 is 1.92 bits per heavy atom. The fraction of sp³-hybridized carbons (Fsp3) is 0.542. The Morgan fingerprint density at radius 1 is 1.21 bits per heavy atom. The zero-order chi connectivity index (χ0) is 27.9. The molecule has 1 spiro atoms. The number of aliphatic hydroxyl groups is 2. The molecular weight excluding hydrogens is 518 g/mol. The van der Waals surface area contributed by atoms with E-state index in [2.05, 4.69) is 20.9 Å². The van der Waals surface area contributed by atoms with Crippen LogP contribution in [0.3, 0.4) is 0 Å². The summed E-state index contributed by atoms with van der Waals surface area (Å²) in [6.07, 6.45) is -0.637. The van der Waals surface area contributed by atoms with Crippen molar-refractivity contribution in [2.45, 2.75) is 67.6 Å². The number of guanidine groups is 2. The Morgan fingerprint density at radius 3 is 2.64 bits per heavy atom. The predicted octanol–water partition coefficient (Wildman–Crippen LogP) is -2.97. The van der Waals surface area contributed by atoms with Gasteiger partial charge in [-0.25, -0.2) is 18.3 Å². The largest absolute Gasteiger partial charge is 0.370 e. The van der Waals surface area contributed by atoms with Gasteiger partial charge in [0.1, 0.15) is 18.1 Å². The number of carbonyl (C=O) groups excluding carboxylic acids is 3. The summed E-state index contributed by atoms with van der Waals surface area (Å²) in [5, 5.41) is 31.6. The summed E-state index contributed by atoms with van der Waals surface area (Å²) in [5.74, 6) is -7.33. The van der Waals surface area contributed by atoms with Gasteiger partial charge in [0, 0.05) is 31.2 Å². The molecule has 0 saturated carbocycles. The minimum Gasteiger partial charge on any atom is -0.370 e. The number of halogens is 2. The molecule has 208 valence electrons. The first-order valence-electron chi connectivity index (χ1n) is 12.7. The molecule has 1 aromatic rings. The number of aliphatic imine (C=N–C) groups is 1. The highest BCUT2D eigenvalue weighted by Gasteiger charge is 2.75. The highest BCUT2D eigenvalue weighted by molar-refractivity contribution is 6.02. The van der Waals surface area contributed by atoms with Crippen molar-refractivity contribution >= 4 is 29.6 Å². The van der Waals surface area contributed by atoms with Gasteiger partial charge in [-0.3, -0.25) is 30.3 Å². The first kappa shape index (κ1) is 25.4. The quantitative estimate of drug-likeness (QED) is 0.117. The van der Waals surface area contributed by atoms with Crippen LogP contribution in [0, 0.1) is 0 Å². The lowest BCUT2D eigenvalue weighted by Crippen LogP contribution is -2.79. The van der Waals surface area contributed by atoms with E-state index in [1.807, 2.05) is 0 Å². The van der Waals surface area contributed by atoms with Crippen LogP contribution in [0.1, 0.15) is 40.7 Å². The Kier molecular flexibility index (Phi) is 5.43. The maximum absolute atomic E-state index is 14.2. The second-order valence-corrected chi connectivity index (χ2v) is 10.7. The van der Waals surface area contributed by atoms with Crippen LogP contribution in [-0.2, 0) is 22.4 Å². The first-order valence-corrected chi connectivity index (χ1v) is 12.7. The number of nitrogens with one attached hydrogen (secondary N) is 3. The fourth-order valence-corrected chi connectivity index (χ4v) is 6.52. The Balaban J connectivity index is 1.31. The number of fused-ring (bicyclic) bond motifs is 1. The Bertz CT molecular complexity index is 1350. The molecule has 2 fully saturated rings. The minimum absolute atomic E-state index is 0.0197. The molecule has 0 radical (unpaired) electrons. The topological polar surface area (TPSA) is 198 Å². The number of alkyl halides is 2. The molecule has 9 N–H and O–H groups in total. The van der Waals surface area contributed by atoms with Crippen molar-refractivity contribution in [2.75, 3.05) is 13.1 Å². The molecule has 15 heteroatoms. The van der Waals surface area contributed by atoms with Gasteiger partial charge in [-0.2, -0.15) is 0 Å². The molecule has 2 saturated heterocycles. The van der Waals surface area contributed by atoms with E-state index < -0.39 is 47.8 Å². The van der Waals surface area contributed by atoms with E-state index >= 15 is 0 Å². The lowest BCUT2D eigenvalue weighted by molar-refractivity contribution is -0.623. The Labute approximate surface area is 220 Å². The number of rotatable bonds is 4. The van der Waals surface area contributed by atoms with Gasteiger partial charge in [-0.15, -0.1) is 0 Å². The Hall–Kier alpha value is -3.85. The summed E-state index contributed by atoms with van der Waals surface area (Å²) < 4.78 is 29.8. The summed E-state index contributed by atoms with van der Waals surface area (Å²) >= 11 is 0. The van der Waals surface area contributed by atoms with E-state index in [4.69, 9.17) is 11.5 Å². The zero-order valence-electron chi connectivity index (χ0n) is 20.8. The van der Waals surface area contributed by atoms with Crippen LogP contribution in [0.15, 0.2) is 23.2 Å². The van der Waals surface area contributed by atoms with Gasteiger partial charge in [0.2, 0.25) is 23.3 Å². The van der Waals surface area contributed by atoms with Gasteiger partial charge >= 0.3 is 5.96 Å². The molecular formula is C24H29F2N8O5+. The molecule has 3 amide bonds. The minimum atomic E-state index is -2.95. The number of likely N-dealkylation sites (tertiary alicyclic amines) is 1. The van der Waals surface area contributed by atoms with E-state index in [1.165, 1.54) is 10.6 Å². The van der Waals surface area contributed by atoms with Crippen LogP contribution >= 0.6 is 0 Å². The number of aryl methyl sites for hydroxylation is 1. The highest BCUT2D eigenvalue weighted by atomic mass is 19.3. The van der Waals surface area contributed by atoms with Crippen molar-refractivity contribution in [1.29, 1.82) is 0 Å². The van der Waals surface area contributed by atoms with E-state index in [-0.39, 0.29) is 73.6 Å². The third kappa shape index (κ3) is 3.66. The zero-order valence-corrected chi connectivity index (χ0v) is 20.8.